The lowest BCUT2D eigenvalue weighted by molar-refractivity contribution is -0.116. The lowest BCUT2D eigenvalue weighted by Gasteiger charge is -2.34. The summed E-state index contributed by atoms with van der Waals surface area (Å²) in [7, 11) is 0. The third-order valence-corrected chi connectivity index (χ3v) is 5.18. The Morgan fingerprint density at radius 1 is 1.18 bits per heavy atom. The summed E-state index contributed by atoms with van der Waals surface area (Å²) in [6.45, 7) is 0. The molecule has 3 rings (SSSR count). The summed E-state index contributed by atoms with van der Waals surface area (Å²) >= 11 is 1.81. The van der Waals surface area contributed by atoms with E-state index in [2.05, 4.69) is 0 Å². The van der Waals surface area contributed by atoms with Crippen LogP contribution in [0.1, 0.15) is 25.7 Å². The molecule has 1 aliphatic carbocycles. The van der Waals surface area contributed by atoms with E-state index in [1.807, 2.05) is 40.9 Å². The second-order valence-electron chi connectivity index (χ2n) is 4.76. The SMILES string of the molecule is Nc1ccc(N2C(=O)CSC23CCCC3)cc1. The molecule has 1 heterocycles. The number of carbonyl (C=O) groups excluding carboxylic acids is 1. The van der Waals surface area contributed by atoms with Crippen molar-refractivity contribution in [1.82, 2.24) is 0 Å². The van der Waals surface area contributed by atoms with Crippen molar-refractivity contribution in [2.24, 2.45) is 0 Å². The largest absolute Gasteiger partial charge is 0.399 e. The molecule has 4 heteroatoms. The van der Waals surface area contributed by atoms with E-state index in [1.165, 1.54) is 12.8 Å². The highest BCUT2D eigenvalue weighted by molar-refractivity contribution is 8.02. The minimum absolute atomic E-state index is 0.0349. The second kappa shape index (κ2) is 3.95. The van der Waals surface area contributed by atoms with Crippen LogP contribution in [0.4, 0.5) is 11.4 Å². The number of nitrogen functional groups attached to an aromatic ring is 1. The fraction of sp³-hybridized carbons (Fsp3) is 0.462. The Morgan fingerprint density at radius 3 is 2.47 bits per heavy atom. The number of hydrogen-bond acceptors (Lipinski definition) is 3. The number of hydrogen-bond donors (Lipinski definition) is 1. The molecule has 1 aromatic rings. The van der Waals surface area contributed by atoms with Crippen LogP contribution in [0.5, 0.6) is 0 Å². The van der Waals surface area contributed by atoms with Gasteiger partial charge in [0.2, 0.25) is 5.91 Å². The van der Waals surface area contributed by atoms with Crippen LogP contribution in [0.2, 0.25) is 0 Å². The highest BCUT2D eigenvalue weighted by Crippen LogP contribution is 2.50. The number of benzene rings is 1. The number of amides is 1. The first kappa shape index (κ1) is 11.0. The first-order chi connectivity index (χ1) is 8.21. The van der Waals surface area contributed by atoms with Gasteiger partial charge < -0.3 is 5.73 Å². The van der Waals surface area contributed by atoms with Crippen LogP contribution in [0.3, 0.4) is 0 Å². The quantitative estimate of drug-likeness (QED) is 0.777. The van der Waals surface area contributed by atoms with Crippen LogP contribution in [-0.2, 0) is 4.79 Å². The molecule has 0 unspecified atom stereocenters. The Bertz CT molecular complexity index is 437. The van der Waals surface area contributed by atoms with Crippen LogP contribution in [0, 0.1) is 0 Å². The van der Waals surface area contributed by atoms with Crippen molar-refractivity contribution in [1.29, 1.82) is 0 Å². The minimum Gasteiger partial charge on any atom is -0.399 e. The predicted octanol–water partition coefficient (Wildman–Crippen LogP) is 2.62. The van der Waals surface area contributed by atoms with Crippen LogP contribution in [0.25, 0.3) is 0 Å². The van der Waals surface area contributed by atoms with Crippen molar-refractivity contribution >= 4 is 29.0 Å². The molecule has 0 aromatic heterocycles. The van der Waals surface area contributed by atoms with E-state index >= 15 is 0 Å². The summed E-state index contributed by atoms with van der Waals surface area (Å²) in [4.78, 5) is 14.1. The summed E-state index contributed by atoms with van der Waals surface area (Å²) in [6.07, 6.45) is 4.69. The highest BCUT2D eigenvalue weighted by Gasteiger charge is 2.48. The van der Waals surface area contributed by atoms with Gasteiger partial charge in [0, 0.05) is 11.4 Å². The van der Waals surface area contributed by atoms with Gasteiger partial charge in [-0.1, -0.05) is 12.8 Å². The van der Waals surface area contributed by atoms with Crippen LogP contribution >= 0.6 is 11.8 Å². The van der Waals surface area contributed by atoms with Crippen molar-refractivity contribution in [2.45, 2.75) is 30.6 Å². The number of rotatable bonds is 1. The Hall–Kier alpha value is -1.16. The van der Waals surface area contributed by atoms with Crippen molar-refractivity contribution in [2.75, 3.05) is 16.4 Å². The van der Waals surface area contributed by atoms with Gasteiger partial charge in [-0.3, -0.25) is 9.69 Å². The maximum Gasteiger partial charge on any atom is 0.238 e. The van der Waals surface area contributed by atoms with Gasteiger partial charge in [0.1, 0.15) is 0 Å². The highest BCUT2D eigenvalue weighted by atomic mass is 32.2. The maximum atomic E-state index is 12.1. The summed E-state index contributed by atoms with van der Waals surface area (Å²) in [6, 6.07) is 7.65. The number of thioether (sulfide) groups is 1. The van der Waals surface area contributed by atoms with Gasteiger partial charge in [-0.25, -0.2) is 0 Å². The molecule has 3 nitrogen and oxygen atoms in total. The molecule has 0 radical (unpaired) electrons. The summed E-state index contributed by atoms with van der Waals surface area (Å²) in [5, 5.41) is 0. The van der Waals surface area contributed by atoms with E-state index in [-0.39, 0.29) is 10.8 Å². The summed E-state index contributed by atoms with van der Waals surface area (Å²) in [5.41, 5.74) is 7.44. The number of nitrogens with two attached hydrogens (primary N) is 1. The first-order valence-electron chi connectivity index (χ1n) is 6.04. The zero-order chi connectivity index (χ0) is 11.9. The van der Waals surface area contributed by atoms with E-state index in [0.717, 1.165) is 24.2 Å². The predicted molar refractivity (Wildman–Crippen MR) is 72.0 cm³/mol. The molecular weight excluding hydrogens is 232 g/mol. The van der Waals surface area contributed by atoms with Crippen molar-refractivity contribution in [3.63, 3.8) is 0 Å². The van der Waals surface area contributed by atoms with Gasteiger partial charge in [-0.2, -0.15) is 0 Å². The van der Waals surface area contributed by atoms with E-state index < -0.39 is 0 Å². The smallest absolute Gasteiger partial charge is 0.238 e. The molecular formula is C13H16N2OS. The average Bonchev–Trinajstić information content (AvgIpc) is 2.91. The molecule has 1 saturated heterocycles. The van der Waals surface area contributed by atoms with Gasteiger partial charge >= 0.3 is 0 Å². The lowest BCUT2D eigenvalue weighted by Crippen LogP contribution is -2.42. The third-order valence-electron chi connectivity index (χ3n) is 3.66. The fourth-order valence-electron chi connectivity index (χ4n) is 2.85. The van der Waals surface area contributed by atoms with Crippen LogP contribution in [0.15, 0.2) is 24.3 Å². The summed E-state index contributed by atoms with van der Waals surface area (Å²) in [5.74, 6) is 0.853. The average molecular weight is 248 g/mol. The van der Waals surface area contributed by atoms with Gasteiger partial charge in [0.05, 0.1) is 10.6 Å². The first-order valence-corrected chi connectivity index (χ1v) is 7.02. The van der Waals surface area contributed by atoms with Crippen LogP contribution < -0.4 is 10.6 Å². The second-order valence-corrected chi connectivity index (χ2v) is 6.10. The van der Waals surface area contributed by atoms with E-state index in [4.69, 9.17) is 5.73 Å². The Balaban J connectivity index is 1.98. The zero-order valence-electron chi connectivity index (χ0n) is 9.69. The molecule has 17 heavy (non-hydrogen) atoms. The van der Waals surface area contributed by atoms with Gasteiger partial charge in [0.15, 0.2) is 0 Å². The molecule has 0 bridgehead atoms. The zero-order valence-corrected chi connectivity index (χ0v) is 10.5. The van der Waals surface area contributed by atoms with Crippen LogP contribution in [-0.4, -0.2) is 16.5 Å². The lowest BCUT2D eigenvalue weighted by atomic mass is 10.1. The molecule has 1 spiro atoms. The van der Waals surface area contributed by atoms with Gasteiger partial charge in [0.25, 0.3) is 0 Å². The van der Waals surface area contributed by atoms with Crippen molar-refractivity contribution < 1.29 is 4.79 Å². The summed E-state index contributed by atoms with van der Waals surface area (Å²) < 4.78 is 0. The molecule has 2 aliphatic rings. The normalized spacial score (nSPS) is 22.6. The maximum absolute atomic E-state index is 12.1. The molecule has 1 amide bonds. The topological polar surface area (TPSA) is 46.3 Å². The molecule has 1 aliphatic heterocycles. The molecule has 1 aromatic carbocycles. The van der Waals surface area contributed by atoms with Crippen molar-refractivity contribution in [3.05, 3.63) is 24.3 Å². The fourth-order valence-corrected chi connectivity index (χ4v) is 4.29. The molecule has 2 N–H and O–H groups in total. The Labute approximate surface area is 105 Å². The monoisotopic (exact) mass is 248 g/mol. The third kappa shape index (κ3) is 1.71. The molecule has 0 atom stereocenters. The number of anilines is 2. The standard InChI is InChI=1S/C13H16N2OS/c14-10-3-5-11(6-4-10)15-12(16)9-17-13(15)7-1-2-8-13/h3-6H,1-2,7-9,14H2. The van der Waals surface area contributed by atoms with Crippen molar-refractivity contribution in [3.8, 4) is 0 Å². The molecule has 2 fully saturated rings. The Morgan fingerprint density at radius 2 is 1.82 bits per heavy atom. The number of carbonyl (C=O) groups is 1. The van der Waals surface area contributed by atoms with E-state index in [1.54, 1.807) is 0 Å². The Kier molecular flexibility index (Phi) is 2.54. The molecule has 90 valence electrons. The molecule has 1 saturated carbocycles. The van der Waals surface area contributed by atoms with Gasteiger partial charge in [-0.05, 0) is 37.1 Å². The number of nitrogens with zero attached hydrogens (tertiary/aromatic N) is 1. The van der Waals surface area contributed by atoms with E-state index in [0.29, 0.717) is 5.75 Å². The van der Waals surface area contributed by atoms with Gasteiger partial charge in [-0.15, -0.1) is 11.8 Å². The minimum atomic E-state index is 0.0349. The van der Waals surface area contributed by atoms with E-state index in [9.17, 15) is 4.79 Å².